The molecule has 1 aliphatic heterocycles. The molecule has 0 saturated carbocycles. The number of aryl methyl sites for hydroxylation is 2. The summed E-state index contributed by atoms with van der Waals surface area (Å²) in [5, 5.41) is 11.3. The van der Waals surface area contributed by atoms with E-state index < -0.39 is 17.7 Å². The maximum atomic E-state index is 13.2. The van der Waals surface area contributed by atoms with Gasteiger partial charge in [0.15, 0.2) is 0 Å². The van der Waals surface area contributed by atoms with E-state index >= 15 is 0 Å². The smallest absolute Gasteiger partial charge is 0.295 e. The van der Waals surface area contributed by atoms with Crippen molar-refractivity contribution in [2.75, 3.05) is 26.2 Å². The lowest BCUT2D eigenvalue weighted by molar-refractivity contribution is -0.140. The molecule has 3 aromatic rings. The summed E-state index contributed by atoms with van der Waals surface area (Å²) in [6.45, 7) is 11.0. The van der Waals surface area contributed by atoms with Crippen molar-refractivity contribution in [2.45, 2.75) is 40.3 Å². The number of carbonyl (C=O) groups excluding carboxylic acids is 2. The molecule has 0 spiro atoms. The molecule has 1 N–H and O–H groups in total. The number of carbonyl (C=O) groups is 2. The predicted octanol–water partition coefficient (Wildman–Crippen LogP) is 5.24. The van der Waals surface area contributed by atoms with Crippen LogP contribution in [-0.4, -0.2) is 52.8 Å². The molecule has 1 unspecified atom stereocenters. The van der Waals surface area contributed by atoms with Gasteiger partial charge in [0.1, 0.15) is 35.7 Å². The van der Waals surface area contributed by atoms with E-state index in [1.807, 2.05) is 31.2 Å². The minimum Gasteiger partial charge on any atom is -0.507 e. The third-order valence-corrected chi connectivity index (χ3v) is 6.91. The SMILES string of the molecule is CCN(CC)CCN1C(=O)C(=O)C(=C(O)c2ccc(OCc3ccccc3C)cc2)C1c1ccc(C)o1. The summed E-state index contributed by atoms with van der Waals surface area (Å²) in [7, 11) is 0. The molecule has 1 amide bonds. The summed E-state index contributed by atoms with van der Waals surface area (Å²) in [6.07, 6.45) is 0. The number of ether oxygens (including phenoxy) is 1. The molecular weight excluding hydrogens is 468 g/mol. The Morgan fingerprint density at radius 2 is 1.70 bits per heavy atom. The average Bonchev–Trinajstić information content (AvgIpc) is 3.44. The molecule has 194 valence electrons. The van der Waals surface area contributed by atoms with Crippen molar-refractivity contribution in [1.82, 2.24) is 9.80 Å². The highest BCUT2D eigenvalue weighted by Gasteiger charge is 2.47. The van der Waals surface area contributed by atoms with E-state index in [4.69, 9.17) is 9.15 Å². The second-order valence-corrected chi connectivity index (χ2v) is 9.21. The number of hydrogen-bond acceptors (Lipinski definition) is 6. The van der Waals surface area contributed by atoms with Gasteiger partial charge >= 0.3 is 0 Å². The molecule has 1 saturated heterocycles. The van der Waals surface area contributed by atoms with Crippen molar-refractivity contribution in [3.8, 4) is 5.75 Å². The summed E-state index contributed by atoms with van der Waals surface area (Å²) in [6, 6.07) is 17.6. The van der Waals surface area contributed by atoms with Crippen LogP contribution in [0, 0.1) is 13.8 Å². The van der Waals surface area contributed by atoms with Gasteiger partial charge in [-0.15, -0.1) is 0 Å². The first-order chi connectivity index (χ1) is 17.8. The van der Waals surface area contributed by atoms with Crippen LogP contribution in [0.25, 0.3) is 5.76 Å². The molecule has 2 heterocycles. The number of likely N-dealkylation sites (N-methyl/N-ethyl adjacent to an activating group) is 1. The standard InChI is InChI=1S/C30H34N2O5/c1-5-31(6-2)17-18-32-27(25-16-11-21(4)37-25)26(29(34)30(32)35)28(33)22-12-14-24(15-13-22)36-19-23-10-8-7-9-20(23)3/h7-16,27,33H,5-6,17-19H2,1-4H3. The minimum absolute atomic E-state index is 0.0347. The highest BCUT2D eigenvalue weighted by atomic mass is 16.5. The van der Waals surface area contributed by atoms with Crippen molar-refractivity contribution >= 4 is 17.4 Å². The Hall–Kier alpha value is -3.84. The molecule has 1 fully saturated rings. The van der Waals surface area contributed by atoms with Crippen LogP contribution >= 0.6 is 0 Å². The monoisotopic (exact) mass is 502 g/mol. The Balaban J connectivity index is 1.62. The van der Waals surface area contributed by atoms with Gasteiger partial charge in [-0.1, -0.05) is 38.1 Å². The zero-order valence-corrected chi connectivity index (χ0v) is 21.9. The second kappa shape index (κ2) is 11.5. The summed E-state index contributed by atoms with van der Waals surface area (Å²) in [5.74, 6) is 0.184. The summed E-state index contributed by atoms with van der Waals surface area (Å²) in [5.41, 5.74) is 2.70. The summed E-state index contributed by atoms with van der Waals surface area (Å²) in [4.78, 5) is 29.9. The Kier molecular flexibility index (Phi) is 8.14. The van der Waals surface area contributed by atoms with Gasteiger partial charge in [0.2, 0.25) is 0 Å². The van der Waals surface area contributed by atoms with Crippen LogP contribution in [0.15, 0.2) is 70.7 Å². The fraction of sp³-hybridized carbons (Fsp3) is 0.333. The molecule has 7 heteroatoms. The van der Waals surface area contributed by atoms with E-state index in [0.29, 0.717) is 42.5 Å². The van der Waals surface area contributed by atoms with Gasteiger partial charge in [0.05, 0.1) is 5.57 Å². The number of benzene rings is 2. The Labute approximate surface area is 218 Å². The Morgan fingerprint density at radius 3 is 2.32 bits per heavy atom. The first-order valence-corrected chi connectivity index (χ1v) is 12.7. The van der Waals surface area contributed by atoms with E-state index in [0.717, 1.165) is 24.2 Å². The third-order valence-electron chi connectivity index (χ3n) is 6.91. The first kappa shape index (κ1) is 26.2. The van der Waals surface area contributed by atoms with Crippen molar-refractivity contribution < 1.29 is 23.8 Å². The van der Waals surface area contributed by atoms with Crippen LogP contribution in [0.1, 0.15) is 48.1 Å². The van der Waals surface area contributed by atoms with E-state index in [1.54, 1.807) is 43.3 Å². The second-order valence-electron chi connectivity index (χ2n) is 9.21. The number of amides is 1. The highest BCUT2D eigenvalue weighted by molar-refractivity contribution is 6.46. The third kappa shape index (κ3) is 5.62. The zero-order chi connectivity index (χ0) is 26.5. The van der Waals surface area contributed by atoms with Gasteiger partial charge in [-0.05, 0) is 74.5 Å². The lowest BCUT2D eigenvalue weighted by Crippen LogP contribution is -2.37. The minimum atomic E-state index is -0.791. The Morgan fingerprint density at radius 1 is 1.00 bits per heavy atom. The van der Waals surface area contributed by atoms with E-state index in [-0.39, 0.29) is 11.3 Å². The average molecular weight is 503 g/mol. The molecule has 0 radical (unpaired) electrons. The number of hydrogen-bond donors (Lipinski definition) is 1. The number of furan rings is 1. The largest absolute Gasteiger partial charge is 0.507 e. The quantitative estimate of drug-likeness (QED) is 0.232. The van der Waals surface area contributed by atoms with Gasteiger partial charge in [-0.25, -0.2) is 0 Å². The van der Waals surface area contributed by atoms with Crippen molar-refractivity contribution in [3.63, 3.8) is 0 Å². The number of likely N-dealkylation sites (tertiary alicyclic amines) is 1. The molecule has 0 bridgehead atoms. The number of aliphatic hydroxyl groups is 1. The van der Waals surface area contributed by atoms with Crippen molar-refractivity contribution in [1.29, 1.82) is 0 Å². The van der Waals surface area contributed by atoms with Crippen LogP contribution in [0.4, 0.5) is 0 Å². The summed E-state index contributed by atoms with van der Waals surface area (Å²) >= 11 is 0. The maximum absolute atomic E-state index is 13.2. The molecule has 37 heavy (non-hydrogen) atoms. The topological polar surface area (TPSA) is 83.2 Å². The van der Waals surface area contributed by atoms with Crippen LogP contribution < -0.4 is 4.74 Å². The molecule has 4 rings (SSSR count). The van der Waals surface area contributed by atoms with Gasteiger partial charge in [-0.3, -0.25) is 9.59 Å². The zero-order valence-electron chi connectivity index (χ0n) is 21.9. The van der Waals surface area contributed by atoms with Gasteiger partial charge in [0, 0.05) is 18.7 Å². The maximum Gasteiger partial charge on any atom is 0.295 e. The number of ketones is 1. The molecule has 1 aromatic heterocycles. The van der Waals surface area contributed by atoms with E-state index in [2.05, 4.69) is 18.7 Å². The highest BCUT2D eigenvalue weighted by Crippen LogP contribution is 2.40. The lowest BCUT2D eigenvalue weighted by atomic mass is 9.99. The van der Waals surface area contributed by atoms with Crippen LogP contribution in [0.5, 0.6) is 5.75 Å². The first-order valence-electron chi connectivity index (χ1n) is 12.7. The molecular formula is C30H34N2O5. The van der Waals surface area contributed by atoms with Crippen molar-refractivity contribution in [3.05, 3.63) is 94.4 Å². The molecule has 7 nitrogen and oxygen atoms in total. The van der Waals surface area contributed by atoms with Gasteiger partial charge < -0.3 is 24.1 Å². The molecule has 0 aliphatic carbocycles. The van der Waals surface area contributed by atoms with Crippen LogP contribution in [0.2, 0.25) is 0 Å². The fourth-order valence-corrected chi connectivity index (χ4v) is 4.59. The number of nitrogens with zero attached hydrogens (tertiary/aromatic N) is 2. The van der Waals surface area contributed by atoms with E-state index in [1.165, 1.54) is 4.90 Å². The predicted molar refractivity (Wildman–Crippen MR) is 142 cm³/mol. The van der Waals surface area contributed by atoms with Gasteiger partial charge in [-0.2, -0.15) is 0 Å². The van der Waals surface area contributed by atoms with Crippen LogP contribution in [-0.2, 0) is 16.2 Å². The number of aliphatic hydroxyl groups excluding tert-OH is 1. The molecule has 2 aromatic carbocycles. The summed E-state index contributed by atoms with van der Waals surface area (Å²) < 4.78 is 11.8. The number of rotatable bonds is 10. The normalized spacial score (nSPS) is 17.1. The van der Waals surface area contributed by atoms with Crippen LogP contribution in [0.3, 0.4) is 0 Å². The van der Waals surface area contributed by atoms with Gasteiger partial charge in [0.25, 0.3) is 11.7 Å². The lowest BCUT2D eigenvalue weighted by Gasteiger charge is -2.26. The van der Waals surface area contributed by atoms with Crippen molar-refractivity contribution in [2.24, 2.45) is 0 Å². The molecule has 1 atom stereocenters. The van der Waals surface area contributed by atoms with E-state index in [9.17, 15) is 14.7 Å². The number of Topliss-reactive ketones (excluding diaryl/α,β-unsaturated/α-hetero) is 1. The fourth-order valence-electron chi connectivity index (χ4n) is 4.59. The molecule has 1 aliphatic rings. The Bertz CT molecular complexity index is 1290.